The Hall–Kier alpha value is -3.56. The molecule has 1 aliphatic heterocycles. The Balaban J connectivity index is 1.35. The molecule has 1 amide bonds. The van der Waals surface area contributed by atoms with Gasteiger partial charge in [0.05, 0.1) is 29.7 Å². The zero-order chi connectivity index (χ0) is 22.3. The van der Waals surface area contributed by atoms with E-state index in [4.69, 9.17) is 0 Å². The van der Waals surface area contributed by atoms with E-state index in [0.29, 0.717) is 35.6 Å². The van der Waals surface area contributed by atoms with E-state index < -0.39 is 11.9 Å². The number of likely N-dealkylation sites (tertiary alicyclic amines) is 1. The summed E-state index contributed by atoms with van der Waals surface area (Å²) in [7, 11) is 0. The van der Waals surface area contributed by atoms with E-state index in [2.05, 4.69) is 25.3 Å². The molecule has 2 bridgehead atoms. The van der Waals surface area contributed by atoms with Crippen molar-refractivity contribution < 1.29 is 18.0 Å². The SMILES string of the molecule is O=C(c1cccnc1-c1ccccn1)N1C[C@@H]2C[C@@H](Nc3cnc(C(F)(F)F)cn3)[C@@H]1C2. The number of hydrogen-bond acceptors (Lipinski definition) is 6. The number of halogens is 3. The fourth-order valence-electron chi connectivity index (χ4n) is 4.59. The van der Waals surface area contributed by atoms with Crippen LogP contribution >= 0.6 is 0 Å². The van der Waals surface area contributed by atoms with E-state index in [1.165, 1.54) is 0 Å². The largest absolute Gasteiger partial charge is 0.434 e. The lowest BCUT2D eigenvalue weighted by molar-refractivity contribution is -0.141. The molecular weight excluding hydrogens is 421 g/mol. The lowest BCUT2D eigenvalue weighted by Gasteiger charge is -2.34. The third-order valence-electron chi connectivity index (χ3n) is 5.96. The minimum Gasteiger partial charge on any atom is -0.364 e. The molecule has 1 aliphatic carbocycles. The summed E-state index contributed by atoms with van der Waals surface area (Å²) >= 11 is 0. The molecule has 3 atom stereocenters. The van der Waals surface area contributed by atoms with Crippen molar-refractivity contribution in [1.82, 2.24) is 24.8 Å². The summed E-state index contributed by atoms with van der Waals surface area (Å²) in [5.74, 6) is 0.452. The monoisotopic (exact) mass is 440 g/mol. The maximum atomic E-state index is 13.5. The van der Waals surface area contributed by atoms with Crippen molar-refractivity contribution in [3.05, 3.63) is 66.4 Å². The number of anilines is 1. The molecule has 10 heteroatoms. The number of amides is 1. The second-order valence-electron chi connectivity index (χ2n) is 8.01. The normalized spacial score (nSPS) is 22.2. The number of nitrogens with one attached hydrogen (secondary N) is 1. The third kappa shape index (κ3) is 3.76. The second-order valence-corrected chi connectivity index (χ2v) is 8.01. The Kier molecular flexibility index (Phi) is 4.99. The molecule has 0 aromatic carbocycles. The highest BCUT2D eigenvalue weighted by atomic mass is 19.4. The molecule has 3 aromatic heterocycles. The van der Waals surface area contributed by atoms with Gasteiger partial charge in [-0.1, -0.05) is 6.07 Å². The molecular formula is C22H19F3N6O. The zero-order valence-electron chi connectivity index (χ0n) is 16.8. The lowest BCUT2D eigenvalue weighted by Crippen LogP contribution is -2.48. The van der Waals surface area contributed by atoms with Gasteiger partial charge >= 0.3 is 6.18 Å². The van der Waals surface area contributed by atoms with Crippen LogP contribution in [-0.2, 0) is 6.18 Å². The van der Waals surface area contributed by atoms with Crippen LogP contribution in [0, 0.1) is 5.92 Å². The minimum absolute atomic E-state index is 0.0895. The summed E-state index contributed by atoms with van der Waals surface area (Å²) < 4.78 is 38.2. The first kappa shape index (κ1) is 20.3. The first-order chi connectivity index (χ1) is 15.4. The van der Waals surface area contributed by atoms with Gasteiger partial charge in [-0.05, 0) is 43.0 Å². The number of piperidine rings is 1. The van der Waals surface area contributed by atoms with Gasteiger partial charge in [0.15, 0.2) is 5.69 Å². The Morgan fingerprint density at radius 3 is 2.53 bits per heavy atom. The van der Waals surface area contributed by atoms with Gasteiger partial charge in [0.25, 0.3) is 5.91 Å². The molecule has 0 radical (unpaired) electrons. The number of nitrogens with zero attached hydrogens (tertiary/aromatic N) is 5. The van der Waals surface area contributed by atoms with Crippen LogP contribution in [-0.4, -0.2) is 49.4 Å². The van der Waals surface area contributed by atoms with E-state index in [9.17, 15) is 18.0 Å². The summed E-state index contributed by atoms with van der Waals surface area (Å²) in [5, 5.41) is 3.17. The van der Waals surface area contributed by atoms with Gasteiger partial charge in [0, 0.05) is 25.0 Å². The van der Waals surface area contributed by atoms with Crippen molar-refractivity contribution in [2.24, 2.45) is 5.92 Å². The van der Waals surface area contributed by atoms with Gasteiger partial charge in [0.1, 0.15) is 11.5 Å². The molecule has 1 saturated carbocycles. The number of rotatable bonds is 4. The average molecular weight is 440 g/mol. The summed E-state index contributed by atoms with van der Waals surface area (Å²) in [4.78, 5) is 31.3. The highest BCUT2D eigenvalue weighted by molar-refractivity contribution is 6.00. The first-order valence-corrected chi connectivity index (χ1v) is 10.2. The van der Waals surface area contributed by atoms with Gasteiger partial charge in [-0.2, -0.15) is 13.2 Å². The average Bonchev–Trinajstić information content (AvgIpc) is 3.40. The fraction of sp³-hybridized carbons (Fsp3) is 0.318. The molecule has 0 spiro atoms. The van der Waals surface area contributed by atoms with E-state index >= 15 is 0 Å². The molecule has 164 valence electrons. The molecule has 5 rings (SSSR count). The number of carbonyl (C=O) groups is 1. The van der Waals surface area contributed by atoms with E-state index in [1.54, 1.807) is 30.6 Å². The van der Waals surface area contributed by atoms with Crippen molar-refractivity contribution in [3.8, 4) is 11.4 Å². The summed E-state index contributed by atoms with van der Waals surface area (Å²) in [5.41, 5.74) is 0.591. The van der Waals surface area contributed by atoms with Crippen LogP contribution in [0.5, 0.6) is 0 Å². The van der Waals surface area contributed by atoms with Crippen LogP contribution in [0.15, 0.2) is 55.1 Å². The predicted molar refractivity (Wildman–Crippen MR) is 109 cm³/mol. The van der Waals surface area contributed by atoms with Crippen molar-refractivity contribution in [3.63, 3.8) is 0 Å². The third-order valence-corrected chi connectivity index (χ3v) is 5.96. The molecule has 7 nitrogen and oxygen atoms in total. The Morgan fingerprint density at radius 2 is 1.84 bits per heavy atom. The van der Waals surface area contributed by atoms with E-state index in [-0.39, 0.29) is 23.8 Å². The van der Waals surface area contributed by atoms with Crippen molar-refractivity contribution in [2.75, 3.05) is 11.9 Å². The number of carbonyl (C=O) groups excluding carboxylic acids is 1. The highest BCUT2D eigenvalue weighted by Crippen LogP contribution is 2.40. The van der Waals surface area contributed by atoms with Crippen molar-refractivity contribution in [1.29, 1.82) is 0 Å². The second kappa shape index (κ2) is 7.85. The molecule has 2 aliphatic rings. The van der Waals surface area contributed by atoms with Gasteiger partial charge in [-0.3, -0.25) is 14.8 Å². The van der Waals surface area contributed by atoms with Crippen molar-refractivity contribution >= 4 is 11.7 Å². The Bertz CT molecular complexity index is 1120. The molecule has 4 heterocycles. The van der Waals surface area contributed by atoms with E-state index in [0.717, 1.165) is 19.0 Å². The lowest BCUT2D eigenvalue weighted by atomic mass is 10.0. The zero-order valence-corrected chi connectivity index (χ0v) is 16.8. The van der Waals surface area contributed by atoms with Gasteiger partial charge < -0.3 is 10.2 Å². The topological polar surface area (TPSA) is 83.9 Å². The quantitative estimate of drug-likeness (QED) is 0.667. The van der Waals surface area contributed by atoms with E-state index in [1.807, 2.05) is 17.0 Å². The summed E-state index contributed by atoms with van der Waals surface area (Å²) in [6.45, 7) is 0.636. The van der Waals surface area contributed by atoms with Crippen molar-refractivity contribution in [2.45, 2.75) is 31.1 Å². The summed E-state index contributed by atoms with van der Waals surface area (Å²) in [6, 6.07) is 8.72. The molecule has 1 saturated heterocycles. The molecule has 3 aromatic rings. The van der Waals surface area contributed by atoms with Gasteiger partial charge in [-0.15, -0.1) is 0 Å². The van der Waals surface area contributed by atoms with Crippen LogP contribution in [0.1, 0.15) is 28.9 Å². The maximum absolute atomic E-state index is 13.5. The molecule has 1 N–H and O–H groups in total. The number of alkyl halides is 3. The van der Waals surface area contributed by atoms with Crippen LogP contribution < -0.4 is 5.32 Å². The van der Waals surface area contributed by atoms with Crippen LogP contribution in [0.2, 0.25) is 0 Å². The van der Waals surface area contributed by atoms with Crippen LogP contribution in [0.4, 0.5) is 19.0 Å². The van der Waals surface area contributed by atoms with Crippen LogP contribution in [0.3, 0.4) is 0 Å². The Morgan fingerprint density at radius 1 is 1.00 bits per heavy atom. The minimum atomic E-state index is -4.53. The molecule has 32 heavy (non-hydrogen) atoms. The Labute approximate surface area is 181 Å². The smallest absolute Gasteiger partial charge is 0.364 e. The van der Waals surface area contributed by atoms with Gasteiger partial charge in [-0.25, -0.2) is 9.97 Å². The first-order valence-electron chi connectivity index (χ1n) is 10.2. The maximum Gasteiger partial charge on any atom is 0.434 e. The highest BCUT2D eigenvalue weighted by Gasteiger charge is 2.47. The fourth-order valence-corrected chi connectivity index (χ4v) is 4.59. The number of aromatic nitrogens is 4. The van der Waals surface area contributed by atoms with Crippen LogP contribution in [0.25, 0.3) is 11.4 Å². The number of hydrogen-bond donors (Lipinski definition) is 1. The number of pyridine rings is 2. The molecule has 0 unspecified atom stereocenters. The predicted octanol–water partition coefficient (Wildman–Crippen LogP) is 3.67. The summed E-state index contributed by atoms with van der Waals surface area (Å²) in [6.07, 6.45) is 2.20. The number of fused-ring (bicyclic) bond motifs is 2. The standard InChI is InChI=1S/C22H19F3N6O/c23-22(24,25)18-10-29-19(11-28-18)30-16-8-13-9-17(16)31(12-13)21(32)14-4-3-7-27-20(14)15-5-1-2-6-26-15/h1-7,10-11,13,16-17H,8-9,12H2,(H,29,30)/t13-,16-,17+/m1/s1. The van der Waals surface area contributed by atoms with Gasteiger partial charge in [0.2, 0.25) is 0 Å². The molecule has 2 fully saturated rings.